The van der Waals surface area contributed by atoms with Crippen molar-refractivity contribution in [3.05, 3.63) is 29.8 Å². The molecule has 0 bridgehead atoms. The number of hydrogen-bond donors (Lipinski definition) is 2. The maximum absolute atomic E-state index is 13.4. The average Bonchev–Trinajstić information content (AvgIpc) is 2.44. The number of nitrogens with zero attached hydrogens (tertiary/aromatic N) is 1. The lowest BCUT2D eigenvalue weighted by atomic mass is 10.2. The molecule has 1 heterocycles. The summed E-state index contributed by atoms with van der Waals surface area (Å²) >= 11 is 0. The summed E-state index contributed by atoms with van der Waals surface area (Å²) in [6, 6.07) is 2.70. The summed E-state index contributed by atoms with van der Waals surface area (Å²) < 4.78 is 31.4. The topological polar surface area (TPSA) is 78.9 Å². The Morgan fingerprint density at radius 3 is 2.85 bits per heavy atom. The summed E-state index contributed by atoms with van der Waals surface area (Å²) in [5.74, 6) is -3.42. The SMILES string of the molecule is O=C(O)C1CN(C(=O)Nc2cccc(F)c2F)CCO1. The van der Waals surface area contributed by atoms with Crippen molar-refractivity contribution in [2.24, 2.45) is 0 Å². The van der Waals surface area contributed by atoms with E-state index < -0.39 is 29.7 Å². The number of ether oxygens (including phenoxy) is 1. The van der Waals surface area contributed by atoms with Crippen molar-refractivity contribution in [3.63, 3.8) is 0 Å². The minimum absolute atomic E-state index is 0.0655. The lowest BCUT2D eigenvalue weighted by Gasteiger charge is -2.30. The number of carboxylic acids is 1. The van der Waals surface area contributed by atoms with Crippen LogP contribution in [0.5, 0.6) is 0 Å². The van der Waals surface area contributed by atoms with Gasteiger partial charge in [0.2, 0.25) is 0 Å². The first-order valence-corrected chi connectivity index (χ1v) is 5.83. The summed E-state index contributed by atoms with van der Waals surface area (Å²) in [6.07, 6.45) is -1.12. The average molecular weight is 286 g/mol. The Morgan fingerprint density at radius 2 is 2.15 bits per heavy atom. The number of nitrogens with one attached hydrogen (secondary N) is 1. The third-order valence-electron chi connectivity index (χ3n) is 2.82. The van der Waals surface area contributed by atoms with E-state index in [0.717, 1.165) is 6.07 Å². The van der Waals surface area contributed by atoms with E-state index in [9.17, 15) is 18.4 Å². The number of carboxylic acid groups (broad SMARTS) is 1. The number of hydrogen-bond acceptors (Lipinski definition) is 3. The van der Waals surface area contributed by atoms with E-state index in [-0.39, 0.29) is 25.4 Å². The third-order valence-corrected chi connectivity index (χ3v) is 2.82. The van der Waals surface area contributed by atoms with Gasteiger partial charge in [0.25, 0.3) is 0 Å². The van der Waals surface area contributed by atoms with Crippen molar-refractivity contribution in [2.45, 2.75) is 6.10 Å². The molecule has 1 aliphatic heterocycles. The maximum atomic E-state index is 13.4. The van der Waals surface area contributed by atoms with Crippen molar-refractivity contribution in [1.82, 2.24) is 4.90 Å². The molecule has 2 amide bonds. The quantitative estimate of drug-likeness (QED) is 0.858. The van der Waals surface area contributed by atoms with Gasteiger partial charge in [-0.05, 0) is 12.1 Å². The third kappa shape index (κ3) is 3.02. The molecule has 0 saturated carbocycles. The Labute approximate surface area is 112 Å². The number of morpholine rings is 1. The first kappa shape index (κ1) is 14.2. The van der Waals surface area contributed by atoms with Crippen LogP contribution in [-0.4, -0.2) is 47.8 Å². The summed E-state index contributed by atoms with van der Waals surface area (Å²) in [7, 11) is 0. The molecule has 1 atom stereocenters. The highest BCUT2D eigenvalue weighted by Gasteiger charge is 2.29. The van der Waals surface area contributed by atoms with Gasteiger partial charge in [-0.3, -0.25) is 0 Å². The molecular formula is C12H12F2N2O4. The van der Waals surface area contributed by atoms with Gasteiger partial charge in [0, 0.05) is 6.54 Å². The van der Waals surface area contributed by atoms with Crippen LogP contribution >= 0.6 is 0 Å². The van der Waals surface area contributed by atoms with Gasteiger partial charge in [-0.25, -0.2) is 18.4 Å². The van der Waals surface area contributed by atoms with Crippen LogP contribution in [0.25, 0.3) is 0 Å². The minimum Gasteiger partial charge on any atom is -0.479 e. The number of amides is 2. The van der Waals surface area contributed by atoms with Crippen LogP contribution < -0.4 is 5.32 Å². The van der Waals surface area contributed by atoms with Gasteiger partial charge in [0.1, 0.15) is 0 Å². The van der Waals surface area contributed by atoms with Crippen LogP contribution in [0.1, 0.15) is 0 Å². The molecule has 108 valence electrons. The Bertz CT molecular complexity index is 538. The lowest BCUT2D eigenvalue weighted by Crippen LogP contribution is -2.50. The van der Waals surface area contributed by atoms with Crippen LogP contribution in [0.4, 0.5) is 19.3 Å². The second-order valence-electron chi connectivity index (χ2n) is 4.18. The van der Waals surface area contributed by atoms with Crippen molar-refractivity contribution in [2.75, 3.05) is 25.0 Å². The standard InChI is InChI=1S/C12H12F2N2O4/c13-7-2-1-3-8(10(7)14)15-12(19)16-4-5-20-9(6-16)11(17)18/h1-3,9H,4-6H2,(H,15,19)(H,17,18). The zero-order valence-electron chi connectivity index (χ0n) is 10.3. The molecule has 1 aliphatic rings. The summed E-state index contributed by atoms with van der Waals surface area (Å²) in [6.45, 7) is 0.0840. The predicted octanol–water partition coefficient (Wildman–Crippen LogP) is 1.28. The zero-order valence-corrected chi connectivity index (χ0v) is 10.3. The van der Waals surface area contributed by atoms with Crippen LogP contribution in [0.2, 0.25) is 0 Å². The molecule has 1 saturated heterocycles. The summed E-state index contributed by atoms with van der Waals surface area (Å²) in [5, 5.41) is 11.0. The number of benzene rings is 1. The van der Waals surface area contributed by atoms with Crippen molar-refractivity contribution < 1.29 is 28.2 Å². The largest absolute Gasteiger partial charge is 0.479 e. The van der Waals surface area contributed by atoms with Gasteiger partial charge in [0.05, 0.1) is 18.8 Å². The highest BCUT2D eigenvalue weighted by atomic mass is 19.2. The number of anilines is 1. The highest BCUT2D eigenvalue weighted by Crippen LogP contribution is 2.17. The Balaban J connectivity index is 2.04. The molecule has 0 spiro atoms. The Kier molecular flexibility index (Phi) is 4.14. The van der Waals surface area contributed by atoms with E-state index in [0.29, 0.717) is 0 Å². The molecule has 8 heteroatoms. The molecule has 1 aromatic rings. The fraction of sp³-hybridized carbons (Fsp3) is 0.333. The smallest absolute Gasteiger partial charge is 0.334 e. The second-order valence-corrected chi connectivity index (χ2v) is 4.18. The first-order valence-electron chi connectivity index (χ1n) is 5.83. The molecule has 6 nitrogen and oxygen atoms in total. The van der Waals surface area contributed by atoms with E-state index in [2.05, 4.69) is 5.32 Å². The molecule has 0 aromatic heterocycles. The predicted molar refractivity (Wildman–Crippen MR) is 64.3 cm³/mol. The van der Waals surface area contributed by atoms with Gasteiger partial charge < -0.3 is 20.1 Å². The Hall–Kier alpha value is -2.22. The van der Waals surface area contributed by atoms with Crippen LogP contribution in [0, 0.1) is 11.6 Å². The number of urea groups is 1. The van der Waals surface area contributed by atoms with E-state index in [1.54, 1.807) is 0 Å². The van der Waals surface area contributed by atoms with E-state index in [4.69, 9.17) is 9.84 Å². The van der Waals surface area contributed by atoms with Crippen molar-refractivity contribution in [3.8, 4) is 0 Å². The molecule has 20 heavy (non-hydrogen) atoms. The molecule has 2 rings (SSSR count). The lowest BCUT2D eigenvalue weighted by molar-refractivity contribution is -0.154. The number of rotatable bonds is 2. The van der Waals surface area contributed by atoms with Crippen molar-refractivity contribution in [1.29, 1.82) is 0 Å². The first-order chi connectivity index (χ1) is 9.49. The van der Waals surface area contributed by atoms with E-state index in [1.165, 1.54) is 17.0 Å². The second kappa shape index (κ2) is 5.83. The maximum Gasteiger partial charge on any atom is 0.334 e. The molecule has 0 radical (unpaired) electrons. The molecule has 1 fully saturated rings. The normalized spacial score (nSPS) is 18.7. The number of carbonyl (C=O) groups excluding carboxylic acids is 1. The zero-order chi connectivity index (χ0) is 14.7. The Morgan fingerprint density at radius 1 is 1.40 bits per heavy atom. The number of carbonyl (C=O) groups is 2. The van der Waals surface area contributed by atoms with Gasteiger partial charge in [-0.2, -0.15) is 0 Å². The van der Waals surface area contributed by atoms with Crippen LogP contribution in [0.3, 0.4) is 0 Å². The van der Waals surface area contributed by atoms with Gasteiger partial charge in [0.15, 0.2) is 17.7 Å². The number of halogens is 2. The van der Waals surface area contributed by atoms with Gasteiger partial charge >= 0.3 is 12.0 Å². The number of aliphatic carboxylic acids is 1. The van der Waals surface area contributed by atoms with Crippen LogP contribution in [0.15, 0.2) is 18.2 Å². The fourth-order valence-corrected chi connectivity index (χ4v) is 1.78. The molecule has 1 unspecified atom stereocenters. The molecular weight excluding hydrogens is 274 g/mol. The van der Waals surface area contributed by atoms with E-state index in [1.807, 2.05) is 0 Å². The van der Waals surface area contributed by atoms with Gasteiger partial charge in [-0.15, -0.1) is 0 Å². The molecule has 2 N–H and O–H groups in total. The summed E-state index contributed by atoms with van der Waals surface area (Å²) in [4.78, 5) is 23.8. The summed E-state index contributed by atoms with van der Waals surface area (Å²) in [5.41, 5.74) is -0.298. The van der Waals surface area contributed by atoms with Crippen LogP contribution in [-0.2, 0) is 9.53 Å². The van der Waals surface area contributed by atoms with Gasteiger partial charge in [-0.1, -0.05) is 6.07 Å². The minimum atomic E-state index is -1.18. The highest BCUT2D eigenvalue weighted by molar-refractivity contribution is 5.90. The fourth-order valence-electron chi connectivity index (χ4n) is 1.78. The molecule has 1 aromatic carbocycles. The van der Waals surface area contributed by atoms with Crippen molar-refractivity contribution >= 4 is 17.7 Å². The van der Waals surface area contributed by atoms with E-state index >= 15 is 0 Å². The monoisotopic (exact) mass is 286 g/mol. The molecule has 0 aliphatic carbocycles.